The largest absolute Gasteiger partial charge is 0.508 e. The maximum Gasteiger partial charge on any atom is 0.323 e. The minimum Gasteiger partial charge on any atom is -0.508 e. The maximum absolute atomic E-state index is 12.1. The average Bonchev–Trinajstić information content (AvgIpc) is 2.50. The van der Waals surface area contributed by atoms with E-state index in [1.165, 1.54) is 6.42 Å². The first-order valence-corrected chi connectivity index (χ1v) is 7.84. The lowest BCUT2D eigenvalue weighted by molar-refractivity contribution is -0.155. The van der Waals surface area contributed by atoms with E-state index < -0.39 is 6.04 Å². The first-order valence-electron chi connectivity index (χ1n) is 7.84. The molecule has 1 aromatic carbocycles. The molecule has 4 nitrogen and oxygen atoms in total. The van der Waals surface area contributed by atoms with Crippen LogP contribution in [-0.2, 0) is 16.0 Å². The van der Waals surface area contributed by atoms with Gasteiger partial charge >= 0.3 is 5.97 Å². The number of benzene rings is 1. The van der Waals surface area contributed by atoms with Crippen molar-refractivity contribution >= 4 is 5.97 Å². The fourth-order valence-corrected chi connectivity index (χ4v) is 3.00. The molecule has 21 heavy (non-hydrogen) atoms. The van der Waals surface area contributed by atoms with E-state index in [-0.39, 0.29) is 17.8 Å². The molecule has 0 amide bonds. The van der Waals surface area contributed by atoms with Gasteiger partial charge in [-0.3, -0.25) is 4.79 Å². The zero-order chi connectivity index (χ0) is 15.2. The SMILES string of the molecule is CCC1CCCCC1OC(=O)[C@H](N)Cc1ccc(O)cc1. The van der Waals surface area contributed by atoms with Gasteiger partial charge in [0.15, 0.2) is 0 Å². The molecule has 0 aliphatic heterocycles. The molecule has 1 fully saturated rings. The second-order valence-corrected chi connectivity index (χ2v) is 5.91. The van der Waals surface area contributed by atoms with Gasteiger partial charge in [-0.25, -0.2) is 0 Å². The van der Waals surface area contributed by atoms with Crippen LogP contribution >= 0.6 is 0 Å². The lowest BCUT2D eigenvalue weighted by Gasteiger charge is -2.31. The van der Waals surface area contributed by atoms with Crippen LogP contribution in [0, 0.1) is 5.92 Å². The molecule has 0 saturated heterocycles. The molecule has 2 unspecified atom stereocenters. The minimum atomic E-state index is -0.644. The molecule has 3 N–H and O–H groups in total. The summed E-state index contributed by atoms with van der Waals surface area (Å²) in [4.78, 5) is 12.1. The van der Waals surface area contributed by atoms with Gasteiger partial charge in [0, 0.05) is 0 Å². The summed E-state index contributed by atoms with van der Waals surface area (Å²) in [6.07, 6.45) is 5.96. The van der Waals surface area contributed by atoms with E-state index in [0.717, 1.165) is 31.2 Å². The van der Waals surface area contributed by atoms with Crippen LogP contribution in [0.3, 0.4) is 0 Å². The molecule has 0 aromatic heterocycles. The van der Waals surface area contributed by atoms with E-state index in [4.69, 9.17) is 10.5 Å². The monoisotopic (exact) mass is 291 g/mol. The Kier molecular flexibility index (Phi) is 5.62. The van der Waals surface area contributed by atoms with Gasteiger partial charge in [0.1, 0.15) is 17.9 Å². The molecule has 2 rings (SSSR count). The predicted octanol–water partition coefficient (Wildman–Crippen LogP) is 2.77. The van der Waals surface area contributed by atoms with Crippen molar-refractivity contribution in [1.29, 1.82) is 0 Å². The number of carbonyl (C=O) groups excluding carboxylic acids is 1. The second kappa shape index (κ2) is 7.46. The third kappa shape index (κ3) is 4.46. The molecule has 1 saturated carbocycles. The van der Waals surface area contributed by atoms with E-state index in [1.54, 1.807) is 24.3 Å². The number of rotatable bonds is 5. The molecule has 1 aliphatic carbocycles. The number of aromatic hydroxyl groups is 1. The molecular weight excluding hydrogens is 266 g/mol. The summed E-state index contributed by atoms with van der Waals surface area (Å²) in [7, 11) is 0. The van der Waals surface area contributed by atoms with Crippen molar-refractivity contribution in [2.75, 3.05) is 0 Å². The zero-order valence-corrected chi connectivity index (χ0v) is 12.6. The van der Waals surface area contributed by atoms with E-state index in [1.807, 2.05) is 0 Å². The third-order valence-corrected chi connectivity index (χ3v) is 4.33. The van der Waals surface area contributed by atoms with Gasteiger partial charge in [-0.2, -0.15) is 0 Å². The van der Waals surface area contributed by atoms with E-state index in [9.17, 15) is 9.90 Å². The molecule has 0 heterocycles. The summed E-state index contributed by atoms with van der Waals surface area (Å²) in [6, 6.07) is 6.10. The average molecular weight is 291 g/mol. The van der Waals surface area contributed by atoms with Crippen molar-refractivity contribution in [3.63, 3.8) is 0 Å². The Morgan fingerprint density at radius 1 is 1.33 bits per heavy atom. The van der Waals surface area contributed by atoms with Gasteiger partial charge in [-0.1, -0.05) is 25.5 Å². The van der Waals surface area contributed by atoms with Crippen molar-refractivity contribution in [3.8, 4) is 5.75 Å². The third-order valence-electron chi connectivity index (χ3n) is 4.33. The van der Waals surface area contributed by atoms with Crippen molar-refractivity contribution < 1.29 is 14.6 Å². The Labute approximate surface area is 126 Å². The highest BCUT2D eigenvalue weighted by Gasteiger charge is 2.28. The summed E-state index contributed by atoms with van der Waals surface area (Å²) in [5.74, 6) is 0.375. The van der Waals surface area contributed by atoms with Crippen LogP contribution in [0.2, 0.25) is 0 Å². The fourth-order valence-electron chi connectivity index (χ4n) is 3.00. The Morgan fingerprint density at radius 2 is 2.00 bits per heavy atom. The Balaban J connectivity index is 1.88. The number of phenols is 1. The summed E-state index contributed by atoms with van der Waals surface area (Å²) >= 11 is 0. The maximum atomic E-state index is 12.1. The fraction of sp³-hybridized carbons (Fsp3) is 0.588. The first kappa shape index (κ1) is 15.8. The van der Waals surface area contributed by atoms with Gasteiger partial charge in [0.2, 0.25) is 0 Å². The highest BCUT2D eigenvalue weighted by atomic mass is 16.5. The van der Waals surface area contributed by atoms with E-state index in [0.29, 0.717) is 12.3 Å². The summed E-state index contributed by atoms with van der Waals surface area (Å²) in [5.41, 5.74) is 6.88. The van der Waals surface area contributed by atoms with Crippen LogP contribution in [0.1, 0.15) is 44.6 Å². The topological polar surface area (TPSA) is 72.5 Å². The lowest BCUT2D eigenvalue weighted by atomic mass is 9.85. The molecule has 0 radical (unpaired) electrons. The van der Waals surface area contributed by atoms with Gasteiger partial charge < -0.3 is 15.6 Å². The molecule has 0 spiro atoms. The number of esters is 1. The standard InChI is InChI=1S/C17H25NO3/c1-2-13-5-3-4-6-16(13)21-17(20)15(18)11-12-7-9-14(19)10-8-12/h7-10,13,15-16,19H,2-6,11,18H2,1H3/t13?,15-,16?/m1/s1. The van der Waals surface area contributed by atoms with Crippen LogP contribution in [0.25, 0.3) is 0 Å². The molecule has 0 bridgehead atoms. The Bertz CT molecular complexity index is 458. The van der Waals surface area contributed by atoms with Crippen LogP contribution in [0.4, 0.5) is 0 Å². The van der Waals surface area contributed by atoms with Crippen molar-refractivity contribution in [2.24, 2.45) is 11.7 Å². The van der Waals surface area contributed by atoms with Crippen molar-refractivity contribution in [1.82, 2.24) is 0 Å². The van der Waals surface area contributed by atoms with E-state index in [2.05, 4.69) is 6.92 Å². The van der Waals surface area contributed by atoms with Gasteiger partial charge in [0.05, 0.1) is 0 Å². The zero-order valence-electron chi connectivity index (χ0n) is 12.6. The number of nitrogens with two attached hydrogens (primary N) is 1. The van der Waals surface area contributed by atoms with Crippen molar-refractivity contribution in [3.05, 3.63) is 29.8 Å². The molecule has 1 aromatic rings. The molecular formula is C17H25NO3. The molecule has 4 heteroatoms. The first-order chi connectivity index (χ1) is 10.1. The molecule has 116 valence electrons. The number of phenolic OH excluding ortho intramolecular Hbond substituents is 1. The van der Waals surface area contributed by atoms with Crippen LogP contribution in [-0.4, -0.2) is 23.2 Å². The van der Waals surface area contributed by atoms with E-state index >= 15 is 0 Å². The Morgan fingerprint density at radius 3 is 2.67 bits per heavy atom. The number of ether oxygens (including phenoxy) is 1. The second-order valence-electron chi connectivity index (χ2n) is 5.91. The van der Waals surface area contributed by atoms with Gasteiger partial charge in [0.25, 0.3) is 0 Å². The highest BCUT2D eigenvalue weighted by molar-refractivity contribution is 5.76. The van der Waals surface area contributed by atoms with Crippen molar-refractivity contribution in [2.45, 2.75) is 57.6 Å². The van der Waals surface area contributed by atoms with Crippen LogP contribution in [0.15, 0.2) is 24.3 Å². The predicted molar refractivity (Wildman–Crippen MR) is 81.9 cm³/mol. The smallest absolute Gasteiger partial charge is 0.323 e. The Hall–Kier alpha value is -1.55. The van der Waals surface area contributed by atoms with Gasteiger partial charge in [-0.15, -0.1) is 0 Å². The lowest BCUT2D eigenvalue weighted by Crippen LogP contribution is -2.39. The quantitative estimate of drug-likeness (QED) is 0.818. The summed E-state index contributed by atoms with van der Waals surface area (Å²) in [5, 5.41) is 9.25. The van der Waals surface area contributed by atoms with Crippen LogP contribution < -0.4 is 5.73 Å². The normalized spacial score (nSPS) is 23.5. The van der Waals surface area contributed by atoms with Gasteiger partial charge in [-0.05, 0) is 55.7 Å². The molecule has 1 aliphatic rings. The number of hydrogen-bond donors (Lipinski definition) is 2. The number of hydrogen-bond acceptors (Lipinski definition) is 4. The van der Waals surface area contributed by atoms with Crippen LogP contribution in [0.5, 0.6) is 5.75 Å². The minimum absolute atomic E-state index is 0.0297. The highest BCUT2D eigenvalue weighted by Crippen LogP contribution is 2.29. The number of carbonyl (C=O) groups is 1. The summed E-state index contributed by atoms with van der Waals surface area (Å²) in [6.45, 7) is 2.15. The summed E-state index contributed by atoms with van der Waals surface area (Å²) < 4.78 is 5.64. The molecule has 3 atom stereocenters.